The van der Waals surface area contributed by atoms with E-state index in [1.54, 1.807) is 0 Å². The van der Waals surface area contributed by atoms with Crippen LogP contribution in [0.4, 0.5) is 0 Å². The summed E-state index contributed by atoms with van der Waals surface area (Å²) in [5.41, 5.74) is 2.81. The molecule has 152 valence electrons. The summed E-state index contributed by atoms with van der Waals surface area (Å²) in [6.07, 6.45) is 2.60. The molecule has 0 nitrogen and oxygen atoms in total. The largest absolute Gasteiger partial charge is 0.0648 e. The van der Waals surface area contributed by atoms with E-state index < -0.39 is 0 Å². The van der Waals surface area contributed by atoms with Crippen LogP contribution in [0, 0.1) is 55.2 Å². The van der Waals surface area contributed by atoms with Crippen LogP contribution in [0.1, 0.15) is 110 Å². The van der Waals surface area contributed by atoms with Crippen LogP contribution in [0.5, 0.6) is 0 Å². The Hall–Kier alpha value is 0. The zero-order valence-electron chi connectivity index (χ0n) is 20.6. The quantitative estimate of drug-likeness (QED) is 0.465. The van der Waals surface area contributed by atoms with E-state index in [1.807, 2.05) is 0 Å². The number of hydrogen-bond acceptors (Lipinski definition) is 0. The number of hydrogen-bond donors (Lipinski definition) is 0. The van der Waals surface area contributed by atoms with E-state index >= 15 is 0 Å². The summed E-state index contributed by atoms with van der Waals surface area (Å²) in [7, 11) is 0. The summed E-state index contributed by atoms with van der Waals surface area (Å²) in [5.74, 6) is 1.59. The highest BCUT2D eigenvalue weighted by Gasteiger charge is 2.91. The molecule has 3 fully saturated rings. The molecule has 3 aliphatic carbocycles. The maximum atomic E-state index is 2.70. The molecule has 3 saturated carbocycles. The summed E-state index contributed by atoms with van der Waals surface area (Å²) in [6, 6.07) is 0. The fourth-order valence-electron chi connectivity index (χ4n) is 10.4. The van der Waals surface area contributed by atoms with Crippen LogP contribution in [0.3, 0.4) is 0 Å². The number of fused-ring (bicyclic) bond motifs is 5. The molecule has 6 atom stereocenters. The minimum Gasteiger partial charge on any atom is -0.0648 e. The first kappa shape index (κ1) is 20.7. The molecule has 0 heterocycles. The molecule has 26 heavy (non-hydrogen) atoms. The highest BCUT2D eigenvalue weighted by Crippen LogP contribution is 2.96. The Labute approximate surface area is 165 Å². The second-order valence-electron chi connectivity index (χ2n) is 13.4. The SMILES string of the molecule is CCC1(C)C2C(C(C)(CC)C1(C)C)C1(C)C(C)(C)C(C)(C)C2(C)C1(C)C. The second-order valence-corrected chi connectivity index (χ2v) is 13.4. The van der Waals surface area contributed by atoms with Gasteiger partial charge in [0.15, 0.2) is 0 Å². The van der Waals surface area contributed by atoms with Crippen molar-refractivity contribution in [2.45, 2.75) is 110 Å². The lowest BCUT2D eigenvalue weighted by molar-refractivity contribution is -0.145. The van der Waals surface area contributed by atoms with E-state index in [2.05, 4.69) is 96.9 Å². The van der Waals surface area contributed by atoms with Crippen LogP contribution in [0.25, 0.3) is 0 Å². The van der Waals surface area contributed by atoms with Crippen LogP contribution in [0.15, 0.2) is 0 Å². The fraction of sp³-hybridized carbons (Fsp3) is 1.00. The van der Waals surface area contributed by atoms with Crippen LogP contribution in [-0.2, 0) is 0 Å². The van der Waals surface area contributed by atoms with E-state index in [9.17, 15) is 0 Å². The molecule has 0 spiro atoms. The van der Waals surface area contributed by atoms with E-state index in [-0.39, 0.29) is 0 Å². The summed E-state index contributed by atoms with van der Waals surface area (Å²) in [5, 5.41) is 0. The maximum absolute atomic E-state index is 2.70. The van der Waals surface area contributed by atoms with Gasteiger partial charge in [0.25, 0.3) is 0 Å². The van der Waals surface area contributed by atoms with Crippen molar-refractivity contribution in [2.24, 2.45) is 55.2 Å². The Morgan fingerprint density at radius 2 is 0.692 bits per heavy atom. The molecule has 0 aromatic rings. The lowest BCUT2D eigenvalue weighted by Gasteiger charge is -2.62. The van der Waals surface area contributed by atoms with E-state index in [4.69, 9.17) is 0 Å². The Bertz CT molecular complexity index is 582. The predicted octanol–water partition coefficient (Wildman–Crippen LogP) is 8.21. The lowest BCUT2D eigenvalue weighted by Crippen LogP contribution is -2.57. The monoisotopic (exact) mass is 360 g/mol. The molecular weight excluding hydrogens is 312 g/mol. The Balaban J connectivity index is 2.49. The smallest absolute Gasteiger partial charge is 0.0176 e. The third-order valence-corrected chi connectivity index (χ3v) is 14.0. The molecule has 6 unspecified atom stereocenters. The van der Waals surface area contributed by atoms with Crippen LogP contribution in [-0.4, -0.2) is 0 Å². The van der Waals surface area contributed by atoms with Gasteiger partial charge in [0.2, 0.25) is 0 Å². The molecule has 0 aromatic carbocycles. The van der Waals surface area contributed by atoms with Crippen molar-refractivity contribution in [2.75, 3.05) is 0 Å². The lowest BCUT2D eigenvalue weighted by atomic mass is 9.42. The van der Waals surface area contributed by atoms with Crippen LogP contribution < -0.4 is 0 Å². The average Bonchev–Trinajstić information content (AvgIpc) is 2.80. The predicted molar refractivity (Wildman–Crippen MR) is 115 cm³/mol. The first-order valence-electron chi connectivity index (χ1n) is 11.4. The maximum Gasteiger partial charge on any atom is -0.0176 e. The van der Waals surface area contributed by atoms with Crippen molar-refractivity contribution in [3.05, 3.63) is 0 Å². The van der Waals surface area contributed by atoms with Gasteiger partial charge in [0.05, 0.1) is 0 Å². The van der Waals surface area contributed by atoms with E-state index in [1.165, 1.54) is 12.8 Å². The van der Waals surface area contributed by atoms with Crippen molar-refractivity contribution in [3.8, 4) is 0 Å². The minimum absolute atomic E-state index is 0.324. The van der Waals surface area contributed by atoms with Gasteiger partial charge in [-0.15, -0.1) is 0 Å². The van der Waals surface area contributed by atoms with Gasteiger partial charge < -0.3 is 0 Å². The standard InChI is InChI=1S/C26H48/c1-15-23(11)17-18(24(12,16-2)21(23,7)8)26(14)20(5,6)19(3,4)25(17,13)22(26,9)10/h17-18H,15-16H2,1-14H3. The molecule has 0 aliphatic heterocycles. The van der Waals surface area contributed by atoms with E-state index in [0.29, 0.717) is 43.3 Å². The zero-order chi connectivity index (χ0) is 20.6. The van der Waals surface area contributed by atoms with Gasteiger partial charge in [0.1, 0.15) is 0 Å². The average molecular weight is 361 g/mol. The summed E-state index contributed by atoms with van der Waals surface area (Å²) in [4.78, 5) is 0. The summed E-state index contributed by atoms with van der Waals surface area (Å²) >= 11 is 0. The minimum atomic E-state index is 0.324. The highest BCUT2D eigenvalue weighted by molar-refractivity contribution is 5.38. The summed E-state index contributed by atoms with van der Waals surface area (Å²) in [6.45, 7) is 36.7. The molecular formula is C26H48. The first-order chi connectivity index (χ1) is 11.4. The van der Waals surface area contributed by atoms with Gasteiger partial charge in [0, 0.05) is 0 Å². The zero-order valence-corrected chi connectivity index (χ0v) is 20.6. The highest BCUT2D eigenvalue weighted by atomic mass is 14.9. The molecule has 3 rings (SSSR count). The number of rotatable bonds is 2. The fourth-order valence-corrected chi connectivity index (χ4v) is 10.4. The molecule has 0 N–H and O–H groups in total. The van der Waals surface area contributed by atoms with Crippen LogP contribution in [0.2, 0.25) is 0 Å². The molecule has 0 radical (unpaired) electrons. The Morgan fingerprint density at radius 3 is 0.923 bits per heavy atom. The van der Waals surface area contributed by atoms with Crippen molar-refractivity contribution in [1.82, 2.24) is 0 Å². The van der Waals surface area contributed by atoms with Gasteiger partial charge in [-0.3, -0.25) is 0 Å². The molecule has 0 amide bonds. The molecule has 0 heteroatoms. The second kappa shape index (κ2) is 4.59. The molecule has 2 bridgehead atoms. The van der Waals surface area contributed by atoms with Crippen molar-refractivity contribution >= 4 is 0 Å². The van der Waals surface area contributed by atoms with E-state index in [0.717, 1.165) is 11.8 Å². The van der Waals surface area contributed by atoms with Gasteiger partial charge in [-0.1, -0.05) is 96.9 Å². The van der Waals surface area contributed by atoms with Crippen molar-refractivity contribution in [3.63, 3.8) is 0 Å². The van der Waals surface area contributed by atoms with Gasteiger partial charge in [-0.2, -0.15) is 0 Å². The van der Waals surface area contributed by atoms with Crippen molar-refractivity contribution < 1.29 is 0 Å². The third kappa shape index (κ3) is 1.35. The van der Waals surface area contributed by atoms with Crippen molar-refractivity contribution in [1.29, 1.82) is 0 Å². The Kier molecular flexibility index (Phi) is 3.66. The van der Waals surface area contributed by atoms with Gasteiger partial charge in [-0.05, 0) is 68.0 Å². The Morgan fingerprint density at radius 1 is 0.423 bits per heavy atom. The first-order valence-corrected chi connectivity index (χ1v) is 11.4. The molecule has 0 aromatic heterocycles. The molecule has 3 aliphatic rings. The van der Waals surface area contributed by atoms with Crippen LogP contribution >= 0.6 is 0 Å². The van der Waals surface area contributed by atoms with Gasteiger partial charge >= 0.3 is 0 Å². The molecule has 0 saturated heterocycles. The third-order valence-electron chi connectivity index (χ3n) is 14.0. The van der Waals surface area contributed by atoms with Gasteiger partial charge in [-0.25, -0.2) is 0 Å². The topological polar surface area (TPSA) is 0 Å². The normalized spacial score (nSPS) is 55.2. The summed E-state index contributed by atoms with van der Waals surface area (Å²) < 4.78 is 0.